The fourth-order valence-corrected chi connectivity index (χ4v) is 1.17. The van der Waals surface area contributed by atoms with Crippen LogP contribution in [0.3, 0.4) is 0 Å². The molecule has 1 heterocycles. The van der Waals surface area contributed by atoms with Crippen LogP contribution >= 0.6 is 0 Å². The number of anilines is 1. The second kappa shape index (κ2) is 3.40. The first-order valence-corrected chi connectivity index (χ1v) is 4.14. The van der Waals surface area contributed by atoms with Crippen LogP contribution in [0.5, 0.6) is 0 Å². The summed E-state index contributed by atoms with van der Waals surface area (Å²) in [6.07, 6.45) is 0. The summed E-state index contributed by atoms with van der Waals surface area (Å²) in [7, 11) is 0. The zero-order valence-electron chi connectivity index (χ0n) is 7.12. The van der Waals surface area contributed by atoms with Crippen molar-refractivity contribution < 1.29 is 0 Å². The monoisotopic (exact) mass is 177 g/mol. The fourth-order valence-electron chi connectivity index (χ4n) is 1.17. The molecule has 0 saturated heterocycles. The number of nitrogens with zero attached hydrogens (tertiary/aromatic N) is 2. The lowest BCUT2D eigenvalue weighted by molar-refractivity contribution is 0.959. The lowest BCUT2D eigenvalue weighted by atomic mass is 10.3. The molecular formula is C8H11N5. The first kappa shape index (κ1) is 8.00. The van der Waals surface area contributed by atoms with Crippen molar-refractivity contribution >= 4 is 16.7 Å². The SMILES string of the molecule is NCCNc1ccc2n[nH]nc2c1. The van der Waals surface area contributed by atoms with Crippen molar-refractivity contribution in [2.24, 2.45) is 5.73 Å². The molecule has 68 valence electrons. The second-order valence-electron chi connectivity index (χ2n) is 2.74. The van der Waals surface area contributed by atoms with E-state index in [1.54, 1.807) is 0 Å². The minimum absolute atomic E-state index is 0.622. The van der Waals surface area contributed by atoms with Crippen molar-refractivity contribution in [2.75, 3.05) is 18.4 Å². The van der Waals surface area contributed by atoms with Gasteiger partial charge in [0, 0.05) is 18.8 Å². The molecule has 13 heavy (non-hydrogen) atoms. The molecule has 0 aliphatic carbocycles. The summed E-state index contributed by atoms with van der Waals surface area (Å²) in [4.78, 5) is 0. The standard InChI is InChI=1S/C8H11N5/c9-3-4-10-6-1-2-7-8(5-6)12-13-11-7/h1-2,5,10H,3-4,9H2,(H,11,12,13). The number of H-pyrrole nitrogens is 1. The van der Waals surface area contributed by atoms with E-state index < -0.39 is 0 Å². The number of aromatic amines is 1. The summed E-state index contributed by atoms with van der Waals surface area (Å²) in [5, 5.41) is 13.7. The van der Waals surface area contributed by atoms with Gasteiger partial charge in [-0.2, -0.15) is 15.4 Å². The molecule has 0 saturated carbocycles. The number of aromatic nitrogens is 3. The zero-order chi connectivity index (χ0) is 9.10. The molecule has 1 aromatic carbocycles. The van der Waals surface area contributed by atoms with E-state index in [2.05, 4.69) is 20.7 Å². The number of nitrogens with two attached hydrogens (primary N) is 1. The zero-order valence-corrected chi connectivity index (χ0v) is 7.12. The van der Waals surface area contributed by atoms with Crippen molar-refractivity contribution in [1.29, 1.82) is 0 Å². The Morgan fingerprint density at radius 1 is 1.31 bits per heavy atom. The summed E-state index contributed by atoms with van der Waals surface area (Å²) in [6.45, 7) is 1.39. The van der Waals surface area contributed by atoms with Crippen molar-refractivity contribution in [1.82, 2.24) is 15.4 Å². The highest BCUT2D eigenvalue weighted by Crippen LogP contribution is 2.13. The third kappa shape index (κ3) is 1.59. The first-order chi connectivity index (χ1) is 6.40. The first-order valence-electron chi connectivity index (χ1n) is 4.14. The van der Waals surface area contributed by atoms with E-state index in [4.69, 9.17) is 5.73 Å². The Morgan fingerprint density at radius 3 is 3.00 bits per heavy atom. The maximum atomic E-state index is 5.37. The van der Waals surface area contributed by atoms with E-state index in [0.717, 1.165) is 23.3 Å². The van der Waals surface area contributed by atoms with Crippen molar-refractivity contribution in [3.05, 3.63) is 18.2 Å². The van der Waals surface area contributed by atoms with Crippen molar-refractivity contribution in [3.63, 3.8) is 0 Å². The lowest BCUT2D eigenvalue weighted by Crippen LogP contribution is -2.12. The maximum absolute atomic E-state index is 5.37. The molecule has 4 N–H and O–H groups in total. The largest absolute Gasteiger partial charge is 0.384 e. The van der Waals surface area contributed by atoms with E-state index in [-0.39, 0.29) is 0 Å². The summed E-state index contributed by atoms with van der Waals surface area (Å²) in [6, 6.07) is 5.81. The lowest BCUT2D eigenvalue weighted by Gasteiger charge is -2.02. The van der Waals surface area contributed by atoms with Gasteiger partial charge in [-0.15, -0.1) is 0 Å². The molecule has 0 unspecified atom stereocenters. The van der Waals surface area contributed by atoms with Gasteiger partial charge in [-0.25, -0.2) is 0 Å². The van der Waals surface area contributed by atoms with Crippen LogP contribution in [0, 0.1) is 0 Å². The summed E-state index contributed by atoms with van der Waals surface area (Å²) < 4.78 is 0. The minimum Gasteiger partial charge on any atom is -0.384 e. The predicted octanol–water partition coefficient (Wildman–Crippen LogP) is 0.328. The van der Waals surface area contributed by atoms with Gasteiger partial charge in [-0.3, -0.25) is 0 Å². The molecular weight excluding hydrogens is 166 g/mol. The Bertz CT molecular complexity index is 394. The molecule has 2 aromatic rings. The van der Waals surface area contributed by atoms with Crippen LogP contribution in [0.2, 0.25) is 0 Å². The number of benzene rings is 1. The van der Waals surface area contributed by atoms with E-state index in [0.29, 0.717) is 6.54 Å². The topological polar surface area (TPSA) is 79.6 Å². The van der Waals surface area contributed by atoms with Gasteiger partial charge in [0.05, 0.1) is 0 Å². The van der Waals surface area contributed by atoms with Gasteiger partial charge in [0.25, 0.3) is 0 Å². The third-order valence-corrected chi connectivity index (χ3v) is 1.79. The van der Waals surface area contributed by atoms with Gasteiger partial charge in [-0.05, 0) is 18.2 Å². The van der Waals surface area contributed by atoms with E-state index >= 15 is 0 Å². The van der Waals surface area contributed by atoms with Gasteiger partial charge >= 0.3 is 0 Å². The molecule has 0 aliphatic heterocycles. The number of fused-ring (bicyclic) bond motifs is 1. The maximum Gasteiger partial charge on any atom is 0.115 e. The second-order valence-corrected chi connectivity index (χ2v) is 2.74. The van der Waals surface area contributed by atoms with Gasteiger partial charge < -0.3 is 11.1 Å². The molecule has 0 spiro atoms. The number of nitrogens with one attached hydrogen (secondary N) is 2. The van der Waals surface area contributed by atoms with Crippen molar-refractivity contribution in [2.45, 2.75) is 0 Å². The van der Waals surface area contributed by atoms with Crippen molar-refractivity contribution in [3.8, 4) is 0 Å². The molecule has 5 nitrogen and oxygen atoms in total. The Balaban J connectivity index is 2.26. The molecule has 0 radical (unpaired) electrons. The fraction of sp³-hybridized carbons (Fsp3) is 0.250. The van der Waals surface area contributed by atoms with Crippen LogP contribution in [-0.4, -0.2) is 28.5 Å². The molecule has 5 heteroatoms. The molecule has 0 amide bonds. The average molecular weight is 177 g/mol. The summed E-state index contributed by atoms with van der Waals surface area (Å²) >= 11 is 0. The molecule has 0 atom stereocenters. The molecule has 1 aromatic heterocycles. The molecule has 2 rings (SSSR count). The Morgan fingerprint density at radius 2 is 2.15 bits per heavy atom. The van der Waals surface area contributed by atoms with E-state index in [1.807, 2.05) is 18.2 Å². The Labute approximate surface area is 75.3 Å². The number of rotatable bonds is 3. The average Bonchev–Trinajstić information content (AvgIpc) is 2.61. The number of hydrogen-bond acceptors (Lipinski definition) is 4. The normalized spacial score (nSPS) is 10.5. The van der Waals surface area contributed by atoms with Crippen LogP contribution in [0.4, 0.5) is 5.69 Å². The summed E-state index contributed by atoms with van der Waals surface area (Å²) in [5.74, 6) is 0. The van der Waals surface area contributed by atoms with Gasteiger partial charge in [0.1, 0.15) is 11.0 Å². The Kier molecular flexibility index (Phi) is 2.09. The highest BCUT2D eigenvalue weighted by Gasteiger charge is 1.97. The van der Waals surface area contributed by atoms with Crippen LogP contribution < -0.4 is 11.1 Å². The van der Waals surface area contributed by atoms with Gasteiger partial charge in [-0.1, -0.05) is 0 Å². The highest BCUT2D eigenvalue weighted by molar-refractivity contribution is 5.77. The highest BCUT2D eigenvalue weighted by atomic mass is 15.3. The van der Waals surface area contributed by atoms with Gasteiger partial charge in [0.15, 0.2) is 0 Å². The summed E-state index contributed by atoms with van der Waals surface area (Å²) in [5.41, 5.74) is 8.13. The number of hydrogen-bond donors (Lipinski definition) is 3. The van der Waals surface area contributed by atoms with Crippen LogP contribution in [0.15, 0.2) is 18.2 Å². The quantitative estimate of drug-likeness (QED) is 0.631. The Hall–Kier alpha value is -1.62. The molecule has 0 aliphatic rings. The van der Waals surface area contributed by atoms with Crippen LogP contribution in [0.25, 0.3) is 11.0 Å². The van der Waals surface area contributed by atoms with E-state index in [9.17, 15) is 0 Å². The van der Waals surface area contributed by atoms with Crippen LogP contribution in [-0.2, 0) is 0 Å². The molecule has 0 fully saturated rings. The van der Waals surface area contributed by atoms with E-state index in [1.165, 1.54) is 0 Å². The third-order valence-electron chi connectivity index (χ3n) is 1.79. The van der Waals surface area contributed by atoms with Crippen LogP contribution in [0.1, 0.15) is 0 Å². The van der Waals surface area contributed by atoms with Gasteiger partial charge in [0.2, 0.25) is 0 Å². The molecule has 0 bridgehead atoms. The minimum atomic E-state index is 0.622. The smallest absolute Gasteiger partial charge is 0.115 e. The predicted molar refractivity (Wildman–Crippen MR) is 51.4 cm³/mol.